The molecular weight excluding hydrogens is 406 g/mol. The van der Waals surface area contributed by atoms with Gasteiger partial charge in [-0.2, -0.15) is 0 Å². The van der Waals surface area contributed by atoms with Crippen molar-refractivity contribution in [3.8, 4) is 11.5 Å². The second-order valence-electron chi connectivity index (χ2n) is 7.97. The van der Waals surface area contributed by atoms with Gasteiger partial charge in [-0.25, -0.2) is 4.98 Å². The number of anilines is 1. The molecule has 166 valence electrons. The third-order valence-electron chi connectivity index (χ3n) is 5.89. The summed E-state index contributed by atoms with van der Waals surface area (Å²) in [6, 6.07) is 11.0. The van der Waals surface area contributed by atoms with E-state index in [9.17, 15) is 9.59 Å². The lowest BCUT2D eigenvalue weighted by Gasteiger charge is -2.35. The number of aryl methyl sites for hydroxylation is 1. The molecule has 2 N–H and O–H groups in total. The minimum Gasteiger partial charge on any atom is -0.493 e. The largest absolute Gasteiger partial charge is 0.493 e. The molecule has 1 atom stereocenters. The van der Waals surface area contributed by atoms with Gasteiger partial charge in [-0.1, -0.05) is 18.2 Å². The Labute approximate surface area is 187 Å². The van der Waals surface area contributed by atoms with E-state index in [0.29, 0.717) is 40.6 Å². The predicted molar refractivity (Wildman–Crippen MR) is 122 cm³/mol. The molecule has 2 heterocycles. The van der Waals surface area contributed by atoms with Gasteiger partial charge in [-0.3, -0.25) is 9.59 Å². The summed E-state index contributed by atoms with van der Waals surface area (Å²) in [6.45, 7) is 3.73. The lowest BCUT2D eigenvalue weighted by atomic mass is 9.74. The average molecular weight is 434 g/mol. The van der Waals surface area contributed by atoms with Crippen molar-refractivity contribution in [3.63, 3.8) is 0 Å². The van der Waals surface area contributed by atoms with Crippen LogP contribution in [-0.2, 0) is 9.59 Å². The lowest BCUT2D eigenvalue weighted by molar-refractivity contribution is -0.116. The molecule has 7 nitrogen and oxygen atoms in total. The summed E-state index contributed by atoms with van der Waals surface area (Å²) in [5, 5.41) is 6.23. The number of nitrogens with one attached hydrogen (secondary N) is 2. The van der Waals surface area contributed by atoms with Crippen LogP contribution in [0.3, 0.4) is 0 Å². The highest BCUT2D eigenvalue weighted by Crippen LogP contribution is 2.47. The molecule has 0 saturated heterocycles. The van der Waals surface area contributed by atoms with Gasteiger partial charge in [-0.05, 0) is 44.9 Å². The van der Waals surface area contributed by atoms with Crippen LogP contribution >= 0.6 is 0 Å². The highest BCUT2D eigenvalue weighted by atomic mass is 16.5. The standard InChI is InChI=1S/C25H27N3O4/c1-14-8-5-13-20(26-14)28-25(30)21-15(2)27-17-10-7-11-18(29)23(17)22(21)16-9-6-12-19(31-3)24(16)32-4/h5-6,8-9,12-13,22,27H,7,10-11H2,1-4H3,(H,26,28,30)/t22-/m1/s1. The maximum atomic E-state index is 13.6. The van der Waals surface area contributed by atoms with Crippen LogP contribution in [0.25, 0.3) is 0 Å². The first-order valence-electron chi connectivity index (χ1n) is 10.6. The molecule has 1 amide bonds. The first-order valence-corrected chi connectivity index (χ1v) is 10.6. The highest BCUT2D eigenvalue weighted by Gasteiger charge is 2.40. The fraction of sp³-hybridized carbons (Fsp3) is 0.320. The van der Waals surface area contributed by atoms with Crippen molar-refractivity contribution in [2.45, 2.75) is 39.0 Å². The number of carbonyl (C=O) groups is 2. The van der Waals surface area contributed by atoms with E-state index in [1.165, 1.54) is 0 Å². The molecule has 1 aromatic heterocycles. The van der Waals surface area contributed by atoms with Crippen LogP contribution in [0.5, 0.6) is 11.5 Å². The Morgan fingerprint density at radius 1 is 1.09 bits per heavy atom. The number of aromatic nitrogens is 1. The number of nitrogens with zero attached hydrogens (tertiary/aromatic N) is 1. The number of rotatable bonds is 5. The zero-order chi connectivity index (χ0) is 22.8. The van der Waals surface area contributed by atoms with Crippen LogP contribution in [0, 0.1) is 6.92 Å². The number of pyridine rings is 1. The molecule has 0 saturated carbocycles. The first kappa shape index (κ1) is 21.6. The molecule has 1 aliphatic carbocycles. The number of allylic oxidation sites excluding steroid dienone is 3. The molecule has 0 bridgehead atoms. The van der Waals surface area contributed by atoms with Gasteiger partial charge in [0, 0.05) is 40.2 Å². The Morgan fingerprint density at radius 3 is 2.59 bits per heavy atom. The lowest BCUT2D eigenvalue weighted by Crippen LogP contribution is -2.35. The molecule has 7 heteroatoms. The monoisotopic (exact) mass is 433 g/mol. The Balaban J connectivity index is 1.86. The molecule has 0 fully saturated rings. The van der Waals surface area contributed by atoms with Crippen molar-refractivity contribution in [1.29, 1.82) is 0 Å². The molecule has 32 heavy (non-hydrogen) atoms. The molecular formula is C25H27N3O4. The second kappa shape index (κ2) is 8.86. The number of methoxy groups -OCH3 is 2. The SMILES string of the molecule is COc1cccc([C@@H]2C(C(=O)Nc3cccc(C)n3)=C(C)NC3=C2C(=O)CCC3)c1OC. The minimum atomic E-state index is -0.575. The number of para-hydroxylation sites is 1. The Bertz CT molecular complexity index is 1150. The summed E-state index contributed by atoms with van der Waals surface area (Å²) in [5.41, 5.74) is 4.19. The van der Waals surface area contributed by atoms with Crippen molar-refractivity contribution in [2.24, 2.45) is 0 Å². The maximum Gasteiger partial charge on any atom is 0.255 e. The second-order valence-corrected chi connectivity index (χ2v) is 7.97. The zero-order valence-electron chi connectivity index (χ0n) is 18.7. The zero-order valence-corrected chi connectivity index (χ0v) is 18.7. The van der Waals surface area contributed by atoms with Crippen LogP contribution in [0.15, 0.2) is 58.9 Å². The number of carbonyl (C=O) groups excluding carboxylic acids is 2. The highest BCUT2D eigenvalue weighted by molar-refractivity contribution is 6.09. The number of hydrogen-bond acceptors (Lipinski definition) is 6. The predicted octanol–water partition coefficient (Wildman–Crippen LogP) is 4.01. The van der Waals surface area contributed by atoms with E-state index in [4.69, 9.17) is 9.47 Å². The number of benzene rings is 1. The third kappa shape index (κ3) is 3.86. The average Bonchev–Trinajstić information content (AvgIpc) is 2.77. The fourth-order valence-electron chi connectivity index (χ4n) is 4.53. The molecule has 0 radical (unpaired) electrons. The molecule has 1 aliphatic heterocycles. The summed E-state index contributed by atoms with van der Waals surface area (Å²) in [6.07, 6.45) is 2.00. The minimum absolute atomic E-state index is 0.0418. The van der Waals surface area contributed by atoms with Crippen LogP contribution in [0.2, 0.25) is 0 Å². The van der Waals surface area contributed by atoms with Gasteiger partial charge >= 0.3 is 0 Å². The Morgan fingerprint density at radius 2 is 1.88 bits per heavy atom. The topological polar surface area (TPSA) is 89.5 Å². The molecule has 0 unspecified atom stereocenters. The number of amides is 1. The van der Waals surface area contributed by atoms with Crippen molar-refractivity contribution in [1.82, 2.24) is 10.3 Å². The van der Waals surface area contributed by atoms with Gasteiger partial charge in [0.1, 0.15) is 5.82 Å². The number of ether oxygens (including phenoxy) is 2. The normalized spacial score (nSPS) is 18.1. The number of ketones is 1. The first-order chi connectivity index (χ1) is 15.4. The van der Waals surface area contributed by atoms with Gasteiger partial charge in [-0.15, -0.1) is 0 Å². The summed E-state index contributed by atoms with van der Waals surface area (Å²) >= 11 is 0. The van der Waals surface area contributed by atoms with Crippen LogP contribution in [0.4, 0.5) is 5.82 Å². The van der Waals surface area contributed by atoms with Gasteiger partial charge in [0.15, 0.2) is 17.3 Å². The van der Waals surface area contributed by atoms with Gasteiger partial charge in [0.05, 0.1) is 20.1 Å². The molecule has 4 rings (SSSR count). The third-order valence-corrected chi connectivity index (χ3v) is 5.89. The van der Waals surface area contributed by atoms with Crippen LogP contribution < -0.4 is 20.1 Å². The summed E-state index contributed by atoms with van der Waals surface area (Å²) in [5.74, 6) is 0.675. The molecule has 2 aromatic rings. The van der Waals surface area contributed by atoms with E-state index in [2.05, 4.69) is 15.6 Å². The van der Waals surface area contributed by atoms with Crippen molar-refractivity contribution in [2.75, 3.05) is 19.5 Å². The smallest absolute Gasteiger partial charge is 0.255 e. The van der Waals surface area contributed by atoms with Gasteiger partial charge in [0.2, 0.25) is 0 Å². The molecule has 2 aliphatic rings. The van der Waals surface area contributed by atoms with Crippen LogP contribution in [0.1, 0.15) is 43.4 Å². The Kier molecular flexibility index (Phi) is 5.99. The van der Waals surface area contributed by atoms with E-state index in [1.807, 2.05) is 38.1 Å². The van der Waals surface area contributed by atoms with Crippen molar-refractivity contribution in [3.05, 3.63) is 70.2 Å². The van der Waals surface area contributed by atoms with Crippen molar-refractivity contribution >= 4 is 17.5 Å². The van der Waals surface area contributed by atoms with E-state index < -0.39 is 5.92 Å². The maximum absolute atomic E-state index is 13.6. The number of dihydropyridines is 1. The van der Waals surface area contributed by atoms with E-state index in [0.717, 1.165) is 29.8 Å². The van der Waals surface area contributed by atoms with Crippen LogP contribution in [-0.4, -0.2) is 30.9 Å². The summed E-state index contributed by atoms with van der Waals surface area (Å²) < 4.78 is 11.2. The van der Waals surface area contributed by atoms with E-state index in [-0.39, 0.29) is 11.7 Å². The molecule has 1 aromatic carbocycles. The quantitative estimate of drug-likeness (QED) is 0.741. The van der Waals surface area contributed by atoms with Crippen molar-refractivity contribution < 1.29 is 19.1 Å². The number of hydrogen-bond donors (Lipinski definition) is 2. The summed E-state index contributed by atoms with van der Waals surface area (Å²) in [7, 11) is 3.13. The fourth-order valence-corrected chi connectivity index (χ4v) is 4.53. The van der Waals surface area contributed by atoms with Gasteiger partial charge in [0.25, 0.3) is 5.91 Å². The van der Waals surface area contributed by atoms with E-state index in [1.54, 1.807) is 26.4 Å². The number of Topliss-reactive ketones (excluding diaryl/α,β-unsaturated/α-hetero) is 1. The molecule has 0 spiro atoms. The van der Waals surface area contributed by atoms with E-state index >= 15 is 0 Å². The Hall–Kier alpha value is -3.61. The summed E-state index contributed by atoms with van der Waals surface area (Å²) in [4.78, 5) is 31.1. The van der Waals surface area contributed by atoms with Gasteiger partial charge < -0.3 is 20.1 Å².